The van der Waals surface area contributed by atoms with E-state index in [9.17, 15) is 13.0 Å². The van der Waals surface area contributed by atoms with Crippen LogP contribution in [-0.4, -0.2) is 25.3 Å². The molecule has 0 spiro atoms. The maximum Gasteiger partial charge on any atom is 0.295 e. The van der Waals surface area contributed by atoms with Crippen molar-refractivity contribution < 1.29 is 27.6 Å². The molecule has 8 nitrogen and oxygen atoms in total. The molecule has 0 aliphatic carbocycles. The van der Waals surface area contributed by atoms with Gasteiger partial charge < -0.3 is 0 Å². The van der Waals surface area contributed by atoms with E-state index in [-0.39, 0.29) is 10.3 Å². The summed E-state index contributed by atoms with van der Waals surface area (Å²) < 4.78 is 36.5. The largest absolute Gasteiger partial charge is 0.295 e. The van der Waals surface area contributed by atoms with Crippen LogP contribution in [0.2, 0.25) is 0 Å². The minimum Gasteiger partial charge on any atom is -0.282 e. The van der Waals surface area contributed by atoms with Gasteiger partial charge in [-0.3, -0.25) is 4.55 Å². The second-order valence-electron chi connectivity index (χ2n) is 3.80. The number of azo groups is 1. The molecule has 0 aliphatic rings. The summed E-state index contributed by atoms with van der Waals surface area (Å²) in [6.45, 7) is 0. The van der Waals surface area contributed by atoms with Crippen molar-refractivity contribution in [3.05, 3.63) is 30.3 Å². The van der Waals surface area contributed by atoms with E-state index in [4.69, 9.17) is 5.26 Å². The SMILES string of the molecule is C/N=N/c1cc(SOOO)c2cccc(S(=O)(=O)O)c2c1. The van der Waals surface area contributed by atoms with Crippen LogP contribution in [0.3, 0.4) is 0 Å². The van der Waals surface area contributed by atoms with Gasteiger partial charge in [0, 0.05) is 17.3 Å². The number of fused-ring (bicyclic) bond motifs is 1. The molecule has 0 aliphatic heterocycles. The van der Waals surface area contributed by atoms with Crippen molar-refractivity contribution in [1.82, 2.24) is 0 Å². The summed E-state index contributed by atoms with van der Waals surface area (Å²) in [6.07, 6.45) is 0. The first kappa shape index (κ1) is 15.8. The Balaban J connectivity index is 2.78. The van der Waals surface area contributed by atoms with Crippen LogP contribution in [0.1, 0.15) is 0 Å². The number of nitrogens with zero attached hydrogens (tertiary/aromatic N) is 2. The van der Waals surface area contributed by atoms with E-state index in [1.165, 1.54) is 25.2 Å². The van der Waals surface area contributed by atoms with Gasteiger partial charge in [-0.2, -0.15) is 18.6 Å². The van der Waals surface area contributed by atoms with Gasteiger partial charge in [0.1, 0.15) is 4.90 Å². The lowest BCUT2D eigenvalue weighted by molar-refractivity contribution is -0.432. The predicted molar refractivity (Wildman–Crippen MR) is 74.9 cm³/mol. The van der Waals surface area contributed by atoms with Gasteiger partial charge in [-0.15, -0.1) is 4.33 Å². The summed E-state index contributed by atoms with van der Waals surface area (Å²) in [5, 5.41) is 19.9. The number of hydrogen-bond acceptors (Lipinski definition) is 8. The number of rotatable bonds is 5. The zero-order chi connectivity index (χ0) is 15.5. The lowest BCUT2D eigenvalue weighted by atomic mass is 10.1. The summed E-state index contributed by atoms with van der Waals surface area (Å²) >= 11 is 0.659. The molecule has 21 heavy (non-hydrogen) atoms. The zero-order valence-corrected chi connectivity index (χ0v) is 12.3. The van der Waals surface area contributed by atoms with Crippen LogP contribution in [0.4, 0.5) is 5.69 Å². The molecule has 2 N–H and O–H groups in total. The van der Waals surface area contributed by atoms with Crippen molar-refractivity contribution >= 4 is 38.6 Å². The van der Waals surface area contributed by atoms with Gasteiger partial charge in [0.2, 0.25) is 0 Å². The molecule has 2 aromatic rings. The Morgan fingerprint density at radius 3 is 2.62 bits per heavy atom. The van der Waals surface area contributed by atoms with Gasteiger partial charge in [0.05, 0.1) is 17.7 Å². The standard InChI is InChI=1S/C11H10N2O6S2/c1-12-13-7-5-9-8(10(6-7)20-19-18-14)3-2-4-11(9)21(15,16)17/h2-6,14H,1H3,(H,15,16,17)/b13-12+. The Kier molecular flexibility index (Phi) is 4.88. The van der Waals surface area contributed by atoms with Crippen LogP contribution in [-0.2, 0) is 19.5 Å². The van der Waals surface area contributed by atoms with E-state index < -0.39 is 10.1 Å². The maximum absolute atomic E-state index is 11.4. The second-order valence-corrected chi connectivity index (χ2v) is 5.93. The molecule has 0 saturated heterocycles. The summed E-state index contributed by atoms with van der Waals surface area (Å²) in [6, 6.07) is 7.39. The van der Waals surface area contributed by atoms with E-state index in [0.717, 1.165) is 0 Å². The van der Waals surface area contributed by atoms with Gasteiger partial charge in [-0.25, -0.2) is 5.26 Å². The predicted octanol–water partition coefficient (Wildman–Crippen LogP) is 3.23. The fourth-order valence-corrected chi connectivity index (χ4v) is 3.07. The monoisotopic (exact) mass is 330 g/mol. The van der Waals surface area contributed by atoms with Crippen molar-refractivity contribution in [2.45, 2.75) is 9.79 Å². The van der Waals surface area contributed by atoms with Gasteiger partial charge in [0.15, 0.2) is 0 Å². The Morgan fingerprint density at radius 1 is 1.24 bits per heavy atom. The molecule has 0 radical (unpaired) electrons. The molecule has 0 amide bonds. The minimum atomic E-state index is -4.40. The fourth-order valence-electron chi connectivity index (χ4n) is 1.83. The first-order valence-corrected chi connectivity index (χ1v) is 7.64. The first-order valence-electron chi connectivity index (χ1n) is 5.46. The second kappa shape index (κ2) is 6.47. The Morgan fingerprint density at radius 2 is 2.00 bits per heavy atom. The van der Waals surface area contributed by atoms with Crippen molar-refractivity contribution in [3.8, 4) is 0 Å². The molecule has 0 aromatic heterocycles. The van der Waals surface area contributed by atoms with E-state index >= 15 is 0 Å². The quantitative estimate of drug-likeness (QED) is 0.284. The molecular weight excluding hydrogens is 320 g/mol. The van der Waals surface area contributed by atoms with Gasteiger partial charge in [-0.05, 0) is 23.6 Å². The molecule has 0 fully saturated rings. The molecule has 0 atom stereocenters. The van der Waals surface area contributed by atoms with Gasteiger partial charge in [-0.1, -0.05) is 17.2 Å². The highest BCUT2D eigenvalue weighted by Crippen LogP contribution is 2.36. The number of benzene rings is 2. The molecule has 2 aromatic carbocycles. The van der Waals surface area contributed by atoms with Crippen molar-refractivity contribution in [3.63, 3.8) is 0 Å². The fraction of sp³-hybridized carbons (Fsp3) is 0.0909. The summed E-state index contributed by atoms with van der Waals surface area (Å²) in [4.78, 5) is 0.161. The molecule has 0 heterocycles. The molecule has 0 bridgehead atoms. The van der Waals surface area contributed by atoms with Crippen LogP contribution in [0.15, 0.2) is 50.4 Å². The average Bonchev–Trinajstić information content (AvgIpc) is 2.43. The summed E-state index contributed by atoms with van der Waals surface area (Å²) in [5.74, 6) is 0. The third-order valence-corrected chi connectivity index (χ3v) is 4.11. The van der Waals surface area contributed by atoms with Gasteiger partial charge >= 0.3 is 0 Å². The van der Waals surface area contributed by atoms with Crippen molar-refractivity contribution in [2.24, 2.45) is 10.2 Å². The molecular formula is C11H10N2O6S2. The van der Waals surface area contributed by atoms with Crippen LogP contribution >= 0.6 is 12.0 Å². The van der Waals surface area contributed by atoms with E-state index in [1.807, 2.05) is 0 Å². The third kappa shape index (κ3) is 3.56. The lowest BCUT2D eigenvalue weighted by Crippen LogP contribution is -1.99. The Hall–Kier alpha value is -1.56. The van der Waals surface area contributed by atoms with Crippen LogP contribution in [0.5, 0.6) is 0 Å². The maximum atomic E-state index is 11.4. The van der Waals surface area contributed by atoms with E-state index in [2.05, 4.69) is 19.6 Å². The van der Waals surface area contributed by atoms with Crippen LogP contribution in [0, 0.1) is 0 Å². The minimum absolute atomic E-state index is 0.244. The highest BCUT2D eigenvalue weighted by molar-refractivity contribution is 7.94. The van der Waals surface area contributed by atoms with E-state index in [0.29, 0.717) is 28.0 Å². The third-order valence-electron chi connectivity index (χ3n) is 2.55. The van der Waals surface area contributed by atoms with Crippen molar-refractivity contribution in [2.75, 3.05) is 7.05 Å². The summed E-state index contributed by atoms with van der Waals surface area (Å²) in [7, 11) is -2.94. The van der Waals surface area contributed by atoms with E-state index in [1.54, 1.807) is 12.1 Å². The first-order chi connectivity index (χ1) is 9.97. The van der Waals surface area contributed by atoms with Gasteiger partial charge in [0.25, 0.3) is 10.1 Å². The highest BCUT2D eigenvalue weighted by Gasteiger charge is 2.17. The molecule has 2 rings (SSSR count). The molecule has 10 heteroatoms. The average molecular weight is 330 g/mol. The smallest absolute Gasteiger partial charge is 0.282 e. The Bertz CT molecular complexity index is 791. The Labute approximate surface area is 124 Å². The number of hydrogen-bond donors (Lipinski definition) is 2. The van der Waals surface area contributed by atoms with Crippen molar-refractivity contribution in [1.29, 1.82) is 0 Å². The topological polar surface area (TPSA) is 118 Å². The van der Waals surface area contributed by atoms with Crippen LogP contribution < -0.4 is 0 Å². The summed E-state index contributed by atoms with van der Waals surface area (Å²) in [5.41, 5.74) is 0.352. The molecule has 0 saturated carbocycles. The zero-order valence-electron chi connectivity index (χ0n) is 10.6. The molecule has 0 unspecified atom stereocenters. The lowest BCUT2D eigenvalue weighted by Gasteiger charge is -2.08. The highest BCUT2D eigenvalue weighted by atomic mass is 32.2. The normalized spacial score (nSPS) is 12.3. The van der Waals surface area contributed by atoms with Crippen LogP contribution in [0.25, 0.3) is 10.8 Å². The molecule has 112 valence electrons.